The van der Waals surface area contributed by atoms with Crippen LogP contribution in [0, 0.1) is 29.0 Å². The van der Waals surface area contributed by atoms with Gasteiger partial charge < -0.3 is 9.64 Å². The summed E-state index contributed by atoms with van der Waals surface area (Å²) in [5.74, 6) is 2.01. The van der Waals surface area contributed by atoms with E-state index in [0.29, 0.717) is 28.9 Å². The lowest BCUT2D eigenvalue weighted by Gasteiger charge is -2.35. The Balaban J connectivity index is 1.18. The Bertz CT molecular complexity index is 718. The van der Waals surface area contributed by atoms with Gasteiger partial charge in [-0.3, -0.25) is 4.79 Å². The summed E-state index contributed by atoms with van der Waals surface area (Å²) in [6.07, 6.45) is 10.1. The lowest BCUT2D eigenvalue weighted by molar-refractivity contribution is -0.138. The molecule has 3 fully saturated rings. The van der Waals surface area contributed by atoms with Crippen molar-refractivity contribution in [2.24, 2.45) is 23.2 Å². The van der Waals surface area contributed by atoms with Gasteiger partial charge in [0.1, 0.15) is 17.7 Å². The van der Waals surface area contributed by atoms with Crippen molar-refractivity contribution >= 4 is 5.91 Å². The van der Waals surface area contributed by atoms with Gasteiger partial charge in [-0.2, -0.15) is 0 Å². The van der Waals surface area contributed by atoms with Gasteiger partial charge in [0.05, 0.1) is 0 Å². The lowest BCUT2D eigenvalue weighted by atomic mass is 9.87. The number of allylic oxidation sites excluding steroid dienone is 2. The minimum Gasteiger partial charge on any atom is -0.490 e. The monoisotopic (exact) mass is 341 g/mol. The van der Waals surface area contributed by atoms with Crippen molar-refractivity contribution in [3.05, 3.63) is 42.2 Å². The van der Waals surface area contributed by atoms with Crippen molar-refractivity contribution in [2.45, 2.75) is 38.2 Å². The highest BCUT2D eigenvalue weighted by Gasteiger charge is 2.64. The molecule has 4 aliphatic rings. The van der Waals surface area contributed by atoms with E-state index < -0.39 is 0 Å². The highest BCUT2D eigenvalue weighted by Crippen LogP contribution is 2.70. The van der Waals surface area contributed by atoms with Gasteiger partial charge in [0, 0.05) is 37.9 Å². The third kappa shape index (κ3) is 2.49. The quantitative estimate of drug-likeness (QED) is 0.783. The standard InChI is InChI=1S/C21H24FNO2/c22-15-2-1-3-17(13-15)25-16-6-10-23(11-7-16)20(24)18-12-14-4-5-19(18)21(14)8-9-21/h1-5,13-14,16,18-19H,6-12H2. The maximum Gasteiger partial charge on any atom is 0.226 e. The first-order valence-corrected chi connectivity index (χ1v) is 9.55. The predicted molar refractivity (Wildman–Crippen MR) is 92.5 cm³/mol. The smallest absolute Gasteiger partial charge is 0.226 e. The summed E-state index contributed by atoms with van der Waals surface area (Å²) in [7, 11) is 0. The molecule has 1 aromatic carbocycles. The van der Waals surface area contributed by atoms with Crippen molar-refractivity contribution in [3.8, 4) is 5.75 Å². The minimum absolute atomic E-state index is 0.0700. The highest BCUT2D eigenvalue weighted by molar-refractivity contribution is 5.80. The molecule has 1 spiro atoms. The van der Waals surface area contributed by atoms with Gasteiger partial charge in [-0.25, -0.2) is 4.39 Å². The van der Waals surface area contributed by atoms with E-state index in [4.69, 9.17) is 4.74 Å². The molecule has 0 N–H and O–H groups in total. The Labute approximate surface area is 147 Å². The molecule has 0 radical (unpaired) electrons. The summed E-state index contributed by atoms with van der Waals surface area (Å²) < 4.78 is 19.2. The molecule has 4 heteroatoms. The van der Waals surface area contributed by atoms with Crippen LogP contribution in [0.3, 0.4) is 0 Å². The Morgan fingerprint density at radius 1 is 1.20 bits per heavy atom. The zero-order valence-electron chi connectivity index (χ0n) is 14.4. The number of carbonyl (C=O) groups excluding carboxylic acids is 1. The average Bonchev–Trinajstić information content (AvgIpc) is 3.28. The summed E-state index contributed by atoms with van der Waals surface area (Å²) in [5.41, 5.74) is 0.471. The second-order valence-electron chi connectivity index (χ2n) is 8.19. The average molecular weight is 341 g/mol. The van der Waals surface area contributed by atoms with E-state index >= 15 is 0 Å². The molecule has 1 saturated heterocycles. The van der Waals surface area contributed by atoms with Crippen LogP contribution in [0.25, 0.3) is 0 Å². The number of rotatable bonds is 3. The molecule has 1 aromatic rings. The molecule has 3 atom stereocenters. The topological polar surface area (TPSA) is 29.5 Å². The van der Waals surface area contributed by atoms with E-state index in [0.717, 1.165) is 32.4 Å². The van der Waals surface area contributed by atoms with E-state index in [-0.39, 0.29) is 17.8 Å². The molecule has 0 aromatic heterocycles. The van der Waals surface area contributed by atoms with Crippen LogP contribution in [0.5, 0.6) is 5.75 Å². The van der Waals surface area contributed by atoms with Crippen LogP contribution in [0.2, 0.25) is 0 Å². The van der Waals surface area contributed by atoms with Crippen LogP contribution < -0.4 is 4.74 Å². The molecular weight excluding hydrogens is 317 g/mol. The number of benzene rings is 1. The summed E-state index contributed by atoms with van der Waals surface area (Å²) in [6.45, 7) is 1.51. The van der Waals surface area contributed by atoms with Crippen LogP contribution in [0.1, 0.15) is 32.1 Å². The lowest BCUT2D eigenvalue weighted by Crippen LogP contribution is -2.45. The van der Waals surface area contributed by atoms with Gasteiger partial charge >= 0.3 is 0 Å². The Morgan fingerprint density at radius 3 is 2.68 bits per heavy atom. The molecule has 3 aliphatic carbocycles. The number of amides is 1. The number of likely N-dealkylation sites (tertiary alicyclic amines) is 1. The van der Waals surface area contributed by atoms with Gasteiger partial charge in [-0.05, 0) is 48.6 Å². The Kier molecular flexibility index (Phi) is 3.44. The molecule has 5 rings (SSSR count). The molecule has 3 nitrogen and oxygen atoms in total. The number of hydrogen-bond donors (Lipinski definition) is 0. The van der Waals surface area contributed by atoms with Crippen LogP contribution in [-0.4, -0.2) is 30.0 Å². The van der Waals surface area contributed by atoms with E-state index in [9.17, 15) is 9.18 Å². The van der Waals surface area contributed by atoms with Crippen LogP contribution >= 0.6 is 0 Å². The highest BCUT2D eigenvalue weighted by atomic mass is 19.1. The maximum atomic E-state index is 13.3. The predicted octanol–water partition coefficient (Wildman–Crippen LogP) is 3.80. The number of ether oxygens (including phenoxy) is 1. The SMILES string of the molecule is O=C(C1CC2C=CC1C21CC1)N1CCC(Oc2cccc(F)c2)CC1. The molecule has 1 aliphatic heterocycles. The first kappa shape index (κ1) is 15.4. The fraction of sp³-hybridized carbons (Fsp3) is 0.571. The zero-order chi connectivity index (χ0) is 17.0. The molecule has 2 bridgehead atoms. The van der Waals surface area contributed by atoms with E-state index in [1.165, 1.54) is 25.0 Å². The van der Waals surface area contributed by atoms with Crippen molar-refractivity contribution in [2.75, 3.05) is 13.1 Å². The number of carbonyl (C=O) groups is 1. The summed E-state index contributed by atoms with van der Waals surface area (Å²) in [5, 5.41) is 0. The second-order valence-corrected chi connectivity index (χ2v) is 8.19. The second kappa shape index (κ2) is 5.58. The van der Waals surface area contributed by atoms with Crippen molar-refractivity contribution in [3.63, 3.8) is 0 Å². The fourth-order valence-electron chi connectivity index (χ4n) is 5.42. The van der Waals surface area contributed by atoms with E-state index in [1.54, 1.807) is 12.1 Å². The zero-order valence-corrected chi connectivity index (χ0v) is 14.4. The molecule has 1 amide bonds. The molecular formula is C21H24FNO2. The first-order valence-electron chi connectivity index (χ1n) is 9.55. The third-order valence-corrected chi connectivity index (χ3v) is 6.89. The third-order valence-electron chi connectivity index (χ3n) is 6.89. The van der Waals surface area contributed by atoms with Gasteiger partial charge in [-0.1, -0.05) is 18.2 Å². The fourth-order valence-corrected chi connectivity index (χ4v) is 5.42. The first-order chi connectivity index (χ1) is 12.2. The minimum atomic E-state index is -0.275. The number of halogens is 1. The summed E-state index contributed by atoms with van der Waals surface area (Å²) >= 11 is 0. The van der Waals surface area contributed by atoms with E-state index in [1.807, 2.05) is 4.90 Å². The Hall–Kier alpha value is -1.84. The summed E-state index contributed by atoms with van der Waals surface area (Å²) in [4.78, 5) is 15.1. The number of hydrogen-bond acceptors (Lipinski definition) is 2. The van der Waals surface area contributed by atoms with Crippen molar-refractivity contribution < 1.29 is 13.9 Å². The van der Waals surface area contributed by atoms with E-state index in [2.05, 4.69) is 12.2 Å². The van der Waals surface area contributed by atoms with Crippen LogP contribution in [0.4, 0.5) is 4.39 Å². The normalized spacial score (nSPS) is 32.4. The maximum absolute atomic E-state index is 13.3. The molecule has 3 unspecified atom stereocenters. The molecule has 132 valence electrons. The largest absolute Gasteiger partial charge is 0.490 e. The molecule has 1 heterocycles. The Morgan fingerprint density at radius 2 is 2.00 bits per heavy atom. The van der Waals surface area contributed by atoms with Gasteiger partial charge in [-0.15, -0.1) is 0 Å². The number of piperidine rings is 1. The van der Waals surface area contributed by atoms with Gasteiger partial charge in [0.25, 0.3) is 0 Å². The van der Waals surface area contributed by atoms with Crippen molar-refractivity contribution in [1.82, 2.24) is 4.90 Å². The van der Waals surface area contributed by atoms with Crippen LogP contribution in [0.15, 0.2) is 36.4 Å². The van der Waals surface area contributed by atoms with Gasteiger partial charge in [0.2, 0.25) is 5.91 Å². The number of nitrogens with zero attached hydrogens (tertiary/aromatic N) is 1. The van der Waals surface area contributed by atoms with Crippen molar-refractivity contribution in [1.29, 1.82) is 0 Å². The van der Waals surface area contributed by atoms with Crippen LogP contribution in [-0.2, 0) is 4.79 Å². The molecule has 25 heavy (non-hydrogen) atoms. The van der Waals surface area contributed by atoms with Gasteiger partial charge in [0.15, 0.2) is 0 Å². The summed E-state index contributed by atoms with van der Waals surface area (Å²) in [6, 6.07) is 6.30. The molecule has 2 saturated carbocycles.